The van der Waals surface area contributed by atoms with Crippen molar-refractivity contribution in [3.63, 3.8) is 0 Å². The highest BCUT2D eigenvalue weighted by molar-refractivity contribution is 7.99. The Labute approximate surface area is 120 Å². The van der Waals surface area contributed by atoms with Crippen molar-refractivity contribution in [3.05, 3.63) is 29.8 Å². The van der Waals surface area contributed by atoms with Crippen LogP contribution in [0.5, 0.6) is 5.75 Å². The minimum absolute atomic E-state index is 0.212. The van der Waals surface area contributed by atoms with Crippen molar-refractivity contribution >= 4 is 11.8 Å². The summed E-state index contributed by atoms with van der Waals surface area (Å²) in [5.74, 6) is 3.40. The van der Waals surface area contributed by atoms with Gasteiger partial charge in [0, 0.05) is 17.7 Å². The Balaban J connectivity index is 1.78. The van der Waals surface area contributed by atoms with E-state index in [1.807, 2.05) is 11.8 Å². The maximum absolute atomic E-state index is 6.10. The fourth-order valence-corrected chi connectivity index (χ4v) is 4.45. The first-order valence-corrected chi connectivity index (χ1v) is 8.53. The molecule has 0 radical (unpaired) electrons. The summed E-state index contributed by atoms with van der Waals surface area (Å²) in [6.45, 7) is 0.760. The molecule has 2 N–H and O–H groups in total. The minimum Gasteiger partial charge on any atom is -0.490 e. The highest BCUT2D eigenvalue weighted by Crippen LogP contribution is 2.41. The first kappa shape index (κ1) is 13.3. The van der Waals surface area contributed by atoms with Crippen molar-refractivity contribution in [1.82, 2.24) is 0 Å². The lowest BCUT2D eigenvalue weighted by Gasteiger charge is -2.28. The van der Waals surface area contributed by atoms with Gasteiger partial charge >= 0.3 is 0 Å². The second kappa shape index (κ2) is 5.76. The van der Waals surface area contributed by atoms with Gasteiger partial charge in [-0.2, -0.15) is 11.8 Å². The highest BCUT2D eigenvalue weighted by atomic mass is 32.2. The zero-order chi connectivity index (χ0) is 13.1. The predicted molar refractivity (Wildman–Crippen MR) is 82.0 cm³/mol. The molecule has 2 fully saturated rings. The number of hydrogen-bond donors (Lipinski definition) is 1. The average molecular weight is 277 g/mol. The van der Waals surface area contributed by atoms with Crippen LogP contribution in [0, 0.1) is 0 Å². The van der Waals surface area contributed by atoms with E-state index in [1.54, 1.807) is 0 Å². The van der Waals surface area contributed by atoms with Gasteiger partial charge in [0.2, 0.25) is 0 Å². The summed E-state index contributed by atoms with van der Waals surface area (Å²) < 4.78 is 6.10. The molecule has 1 saturated heterocycles. The van der Waals surface area contributed by atoms with Gasteiger partial charge in [-0.1, -0.05) is 25.0 Å². The van der Waals surface area contributed by atoms with E-state index in [0.29, 0.717) is 6.10 Å². The molecule has 1 aliphatic carbocycles. The molecule has 3 heteroatoms. The predicted octanol–water partition coefficient (Wildman–Crippen LogP) is 3.34. The van der Waals surface area contributed by atoms with E-state index in [2.05, 4.69) is 24.3 Å². The Bertz CT molecular complexity index is 423. The van der Waals surface area contributed by atoms with Crippen LogP contribution in [0.25, 0.3) is 0 Å². The molecule has 1 unspecified atom stereocenters. The molecule has 3 rings (SSSR count). The smallest absolute Gasteiger partial charge is 0.120 e. The van der Waals surface area contributed by atoms with E-state index in [4.69, 9.17) is 10.5 Å². The Hall–Kier alpha value is -0.670. The van der Waals surface area contributed by atoms with Crippen LogP contribution in [0.4, 0.5) is 0 Å². The zero-order valence-electron chi connectivity index (χ0n) is 11.4. The van der Waals surface area contributed by atoms with Gasteiger partial charge in [0.15, 0.2) is 0 Å². The van der Waals surface area contributed by atoms with Crippen LogP contribution in [0.3, 0.4) is 0 Å². The summed E-state index contributed by atoms with van der Waals surface area (Å²) in [5, 5.41) is 0. The van der Waals surface area contributed by atoms with Crippen LogP contribution in [-0.2, 0) is 5.41 Å². The second-order valence-corrected chi connectivity index (χ2v) is 6.97. The van der Waals surface area contributed by atoms with Crippen molar-refractivity contribution in [1.29, 1.82) is 0 Å². The molecule has 0 amide bonds. The SMILES string of the molecule is NCC1(c2cccc(OC3CCSC3)c2)CCCC1. The molecule has 0 aromatic heterocycles. The molecule has 1 atom stereocenters. The van der Waals surface area contributed by atoms with Crippen LogP contribution in [0.1, 0.15) is 37.7 Å². The van der Waals surface area contributed by atoms with E-state index in [9.17, 15) is 0 Å². The van der Waals surface area contributed by atoms with Crippen LogP contribution < -0.4 is 10.5 Å². The van der Waals surface area contributed by atoms with Gasteiger partial charge < -0.3 is 10.5 Å². The number of rotatable bonds is 4. The fraction of sp³-hybridized carbons (Fsp3) is 0.625. The first-order chi connectivity index (χ1) is 9.32. The third kappa shape index (κ3) is 2.77. The van der Waals surface area contributed by atoms with Gasteiger partial charge in [0.25, 0.3) is 0 Å². The molecule has 104 valence electrons. The third-order valence-corrected chi connectivity index (χ3v) is 5.72. The number of thioether (sulfide) groups is 1. The molecule has 1 aromatic carbocycles. The summed E-state index contributed by atoms with van der Waals surface area (Å²) >= 11 is 1.99. The maximum Gasteiger partial charge on any atom is 0.120 e. The largest absolute Gasteiger partial charge is 0.490 e. The van der Waals surface area contributed by atoms with Crippen molar-refractivity contribution in [2.45, 2.75) is 43.6 Å². The van der Waals surface area contributed by atoms with E-state index >= 15 is 0 Å². The molecule has 2 aliphatic rings. The van der Waals surface area contributed by atoms with Crippen molar-refractivity contribution < 1.29 is 4.74 Å². The Morgan fingerprint density at radius 3 is 2.84 bits per heavy atom. The van der Waals surface area contributed by atoms with Gasteiger partial charge in [-0.05, 0) is 42.7 Å². The summed E-state index contributed by atoms with van der Waals surface area (Å²) in [7, 11) is 0. The van der Waals surface area contributed by atoms with Gasteiger partial charge in [-0.3, -0.25) is 0 Å². The first-order valence-electron chi connectivity index (χ1n) is 7.37. The van der Waals surface area contributed by atoms with Crippen molar-refractivity contribution in [2.75, 3.05) is 18.1 Å². The van der Waals surface area contributed by atoms with E-state index in [1.165, 1.54) is 43.4 Å². The van der Waals surface area contributed by atoms with Crippen LogP contribution in [0.2, 0.25) is 0 Å². The van der Waals surface area contributed by atoms with Gasteiger partial charge in [-0.15, -0.1) is 0 Å². The summed E-state index contributed by atoms with van der Waals surface area (Å²) in [6, 6.07) is 8.68. The lowest BCUT2D eigenvalue weighted by Crippen LogP contribution is -2.32. The lowest BCUT2D eigenvalue weighted by molar-refractivity contribution is 0.228. The molecule has 1 aliphatic heterocycles. The Morgan fingerprint density at radius 1 is 1.32 bits per heavy atom. The molecule has 0 bridgehead atoms. The van der Waals surface area contributed by atoms with Gasteiger partial charge in [0.1, 0.15) is 11.9 Å². The number of hydrogen-bond acceptors (Lipinski definition) is 3. The maximum atomic E-state index is 6.10. The molecule has 1 aromatic rings. The number of ether oxygens (including phenoxy) is 1. The van der Waals surface area contributed by atoms with E-state index in [0.717, 1.165) is 18.0 Å². The van der Waals surface area contributed by atoms with E-state index < -0.39 is 0 Å². The standard InChI is InChI=1S/C16H23NOS/c17-12-16(7-1-2-8-16)13-4-3-5-14(10-13)18-15-6-9-19-11-15/h3-5,10,15H,1-2,6-9,11-12,17H2. The fourth-order valence-electron chi connectivity index (χ4n) is 3.36. The number of nitrogens with two attached hydrogens (primary N) is 1. The monoisotopic (exact) mass is 277 g/mol. The van der Waals surface area contributed by atoms with Crippen molar-refractivity contribution in [3.8, 4) is 5.75 Å². The second-order valence-electron chi connectivity index (χ2n) is 5.82. The Kier molecular flexibility index (Phi) is 4.04. The van der Waals surface area contributed by atoms with Crippen LogP contribution in [-0.4, -0.2) is 24.2 Å². The normalized spacial score (nSPS) is 25.6. The van der Waals surface area contributed by atoms with E-state index in [-0.39, 0.29) is 5.41 Å². The summed E-state index contributed by atoms with van der Waals surface area (Å²) in [6.07, 6.45) is 6.65. The highest BCUT2D eigenvalue weighted by Gasteiger charge is 2.34. The van der Waals surface area contributed by atoms with Gasteiger partial charge in [-0.25, -0.2) is 0 Å². The summed E-state index contributed by atoms with van der Waals surface area (Å²) in [5.41, 5.74) is 7.67. The average Bonchev–Trinajstić information content (AvgIpc) is 3.10. The molecule has 2 nitrogen and oxygen atoms in total. The number of benzene rings is 1. The van der Waals surface area contributed by atoms with Crippen molar-refractivity contribution in [2.24, 2.45) is 5.73 Å². The quantitative estimate of drug-likeness (QED) is 0.916. The lowest BCUT2D eigenvalue weighted by atomic mass is 9.79. The Morgan fingerprint density at radius 2 is 2.16 bits per heavy atom. The summed E-state index contributed by atoms with van der Waals surface area (Å²) in [4.78, 5) is 0. The van der Waals surface area contributed by atoms with Gasteiger partial charge in [0.05, 0.1) is 0 Å². The molecule has 19 heavy (non-hydrogen) atoms. The van der Waals surface area contributed by atoms with Crippen LogP contribution >= 0.6 is 11.8 Å². The topological polar surface area (TPSA) is 35.2 Å². The molecule has 0 spiro atoms. The molecule has 1 saturated carbocycles. The minimum atomic E-state index is 0.212. The third-order valence-electron chi connectivity index (χ3n) is 4.59. The molecular weight excluding hydrogens is 254 g/mol. The molecule has 1 heterocycles. The zero-order valence-corrected chi connectivity index (χ0v) is 12.3. The van der Waals surface area contributed by atoms with Crippen LogP contribution in [0.15, 0.2) is 24.3 Å². The molecular formula is C16H23NOS.